The van der Waals surface area contributed by atoms with Gasteiger partial charge in [0.05, 0.1) is 6.10 Å². The number of halogens is 1. The molecule has 2 aromatic rings. The smallest absolute Gasteiger partial charge is 0.349 e. The highest BCUT2D eigenvalue weighted by Crippen LogP contribution is 2.32. The molecule has 0 unspecified atom stereocenters. The SMILES string of the molecule is Cc1c(C(=O)OCC(=O)NC[C@H]2CCCO2)sc2cccc(F)c12. The molecule has 3 rings (SSSR count). The number of esters is 1. The summed E-state index contributed by atoms with van der Waals surface area (Å²) in [7, 11) is 0. The Balaban J connectivity index is 1.58. The molecule has 0 radical (unpaired) electrons. The van der Waals surface area contributed by atoms with Crippen molar-refractivity contribution in [3.63, 3.8) is 0 Å². The monoisotopic (exact) mass is 351 g/mol. The van der Waals surface area contributed by atoms with Crippen molar-refractivity contribution in [1.82, 2.24) is 5.32 Å². The van der Waals surface area contributed by atoms with Crippen LogP contribution in [0.4, 0.5) is 4.39 Å². The average Bonchev–Trinajstić information content (AvgIpc) is 3.19. The van der Waals surface area contributed by atoms with E-state index < -0.39 is 5.97 Å². The number of aryl methyl sites for hydroxylation is 1. The number of benzene rings is 1. The van der Waals surface area contributed by atoms with E-state index in [1.165, 1.54) is 17.4 Å². The summed E-state index contributed by atoms with van der Waals surface area (Å²) in [6, 6.07) is 4.71. The van der Waals surface area contributed by atoms with Gasteiger partial charge in [0.25, 0.3) is 5.91 Å². The van der Waals surface area contributed by atoms with Crippen LogP contribution in [0.25, 0.3) is 10.1 Å². The fourth-order valence-corrected chi connectivity index (χ4v) is 3.85. The van der Waals surface area contributed by atoms with E-state index in [2.05, 4.69) is 5.32 Å². The molecule has 24 heavy (non-hydrogen) atoms. The lowest BCUT2D eigenvalue weighted by Crippen LogP contribution is -2.34. The Hall–Kier alpha value is -1.99. The summed E-state index contributed by atoms with van der Waals surface area (Å²) >= 11 is 1.17. The van der Waals surface area contributed by atoms with Gasteiger partial charge in [0.2, 0.25) is 0 Å². The van der Waals surface area contributed by atoms with E-state index in [9.17, 15) is 14.0 Å². The molecule has 0 saturated carbocycles. The Morgan fingerprint density at radius 2 is 2.29 bits per heavy atom. The van der Waals surface area contributed by atoms with Crippen LogP contribution < -0.4 is 5.32 Å². The number of thiophene rings is 1. The van der Waals surface area contributed by atoms with Gasteiger partial charge in [0.1, 0.15) is 10.7 Å². The van der Waals surface area contributed by atoms with Crippen LogP contribution >= 0.6 is 11.3 Å². The van der Waals surface area contributed by atoms with Crippen LogP contribution in [0.1, 0.15) is 28.1 Å². The molecule has 1 aromatic heterocycles. The van der Waals surface area contributed by atoms with Crippen molar-refractivity contribution in [2.75, 3.05) is 19.8 Å². The van der Waals surface area contributed by atoms with Gasteiger partial charge >= 0.3 is 5.97 Å². The number of carbonyl (C=O) groups excluding carboxylic acids is 2. The third-order valence-corrected chi connectivity index (χ3v) is 5.21. The first-order chi connectivity index (χ1) is 11.6. The molecule has 7 heteroatoms. The molecular weight excluding hydrogens is 333 g/mol. The van der Waals surface area contributed by atoms with Crippen molar-refractivity contribution in [3.05, 3.63) is 34.5 Å². The maximum Gasteiger partial charge on any atom is 0.349 e. The summed E-state index contributed by atoms with van der Waals surface area (Å²) < 4.78 is 25.0. The number of carbonyl (C=O) groups is 2. The van der Waals surface area contributed by atoms with Gasteiger partial charge in [0, 0.05) is 23.2 Å². The molecule has 2 heterocycles. The van der Waals surface area contributed by atoms with Gasteiger partial charge in [-0.1, -0.05) is 6.07 Å². The van der Waals surface area contributed by atoms with E-state index in [-0.39, 0.29) is 24.4 Å². The van der Waals surface area contributed by atoms with Crippen molar-refractivity contribution < 1.29 is 23.5 Å². The number of nitrogens with one attached hydrogen (secondary N) is 1. The zero-order valence-corrected chi connectivity index (χ0v) is 14.1. The summed E-state index contributed by atoms with van der Waals surface area (Å²) in [5.74, 6) is -1.35. The third-order valence-electron chi connectivity index (χ3n) is 3.97. The number of rotatable bonds is 5. The Morgan fingerprint density at radius 3 is 3.00 bits per heavy atom. The fourth-order valence-electron chi connectivity index (χ4n) is 2.73. The summed E-state index contributed by atoms with van der Waals surface area (Å²) in [4.78, 5) is 24.2. The number of fused-ring (bicyclic) bond motifs is 1. The molecule has 0 spiro atoms. The first-order valence-electron chi connectivity index (χ1n) is 7.79. The largest absolute Gasteiger partial charge is 0.451 e. The molecule has 1 atom stereocenters. The Bertz CT molecular complexity index is 767. The van der Waals surface area contributed by atoms with Crippen molar-refractivity contribution in [1.29, 1.82) is 0 Å². The van der Waals surface area contributed by atoms with Gasteiger partial charge < -0.3 is 14.8 Å². The molecule has 1 fully saturated rings. The lowest BCUT2D eigenvalue weighted by molar-refractivity contribution is -0.124. The maximum absolute atomic E-state index is 13.9. The predicted molar refractivity (Wildman–Crippen MR) is 88.8 cm³/mol. The second kappa shape index (κ2) is 7.27. The molecular formula is C17H18FNO4S. The minimum Gasteiger partial charge on any atom is -0.451 e. The van der Waals surface area contributed by atoms with E-state index in [4.69, 9.17) is 9.47 Å². The quantitative estimate of drug-likeness (QED) is 0.842. The summed E-state index contributed by atoms with van der Waals surface area (Å²) in [6.07, 6.45) is 1.96. The van der Waals surface area contributed by atoms with Gasteiger partial charge in [-0.25, -0.2) is 9.18 Å². The topological polar surface area (TPSA) is 64.6 Å². The fraction of sp³-hybridized carbons (Fsp3) is 0.412. The van der Waals surface area contributed by atoms with Crippen molar-refractivity contribution in [2.45, 2.75) is 25.9 Å². The number of ether oxygens (including phenoxy) is 2. The first-order valence-corrected chi connectivity index (χ1v) is 8.61. The van der Waals surface area contributed by atoms with E-state index in [1.54, 1.807) is 19.1 Å². The number of amides is 1. The molecule has 1 aliphatic rings. The summed E-state index contributed by atoms with van der Waals surface area (Å²) in [5.41, 5.74) is 0.540. The zero-order valence-electron chi connectivity index (χ0n) is 13.3. The normalized spacial score (nSPS) is 17.2. The van der Waals surface area contributed by atoms with Crippen LogP contribution in [-0.2, 0) is 14.3 Å². The minimum atomic E-state index is -0.611. The van der Waals surface area contributed by atoms with Gasteiger partial charge in [-0.15, -0.1) is 11.3 Å². The molecule has 128 valence electrons. The second-order valence-corrected chi connectivity index (χ2v) is 6.74. The van der Waals surface area contributed by atoms with Crippen LogP contribution in [0.3, 0.4) is 0 Å². The Morgan fingerprint density at radius 1 is 1.46 bits per heavy atom. The number of hydrogen-bond donors (Lipinski definition) is 1. The molecule has 0 bridgehead atoms. The molecule has 1 aromatic carbocycles. The molecule has 1 N–H and O–H groups in total. The first kappa shape index (κ1) is 16.9. The summed E-state index contributed by atoms with van der Waals surface area (Å²) in [5, 5.41) is 3.11. The molecule has 1 amide bonds. The van der Waals surface area contributed by atoms with Gasteiger partial charge in [-0.3, -0.25) is 4.79 Å². The maximum atomic E-state index is 13.9. The highest BCUT2D eigenvalue weighted by molar-refractivity contribution is 7.21. The Labute approximate surface area is 142 Å². The Kier molecular flexibility index (Phi) is 5.11. The van der Waals surface area contributed by atoms with Gasteiger partial charge in [0.15, 0.2) is 6.61 Å². The lowest BCUT2D eigenvalue weighted by Gasteiger charge is -2.10. The summed E-state index contributed by atoms with van der Waals surface area (Å²) in [6.45, 7) is 2.46. The predicted octanol–water partition coefficient (Wildman–Crippen LogP) is 2.80. The molecule has 1 saturated heterocycles. The van der Waals surface area contributed by atoms with Crippen molar-refractivity contribution in [3.8, 4) is 0 Å². The average molecular weight is 351 g/mol. The highest BCUT2D eigenvalue weighted by Gasteiger charge is 2.20. The van der Waals surface area contributed by atoms with E-state index in [1.807, 2.05) is 0 Å². The van der Waals surface area contributed by atoms with Crippen molar-refractivity contribution >= 4 is 33.3 Å². The van der Waals surface area contributed by atoms with Crippen LogP contribution in [-0.4, -0.2) is 37.7 Å². The lowest BCUT2D eigenvalue weighted by atomic mass is 10.1. The highest BCUT2D eigenvalue weighted by atomic mass is 32.1. The zero-order chi connectivity index (χ0) is 17.1. The second-order valence-electron chi connectivity index (χ2n) is 5.68. The molecule has 5 nitrogen and oxygen atoms in total. The molecule has 0 aliphatic carbocycles. The van der Waals surface area contributed by atoms with Gasteiger partial charge in [-0.2, -0.15) is 0 Å². The third kappa shape index (κ3) is 3.57. The van der Waals surface area contributed by atoms with Crippen LogP contribution in [0, 0.1) is 12.7 Å². The number of hydrogen-bond acceptors (Lipinski definition) is 5. The van der Waals surface area contributed by atoms with Crippen LogP contribution in [0.15, 0.2) is 18.2 Å². The molecule has 1 aliphatic heterocycles. The van der Waals surface area contributed by atoms with Crippen LogP contribution in [0.2, 0.25) is 0 Å². The van der Waals surface area contributed by atoms with E-state index >= 15 is 0 Å². The van der Waals surface area contributed by atoms with Crippen molar-refractivity contribution in [2.24, 2.45) is 0 Å². The van der Waals surface area contributed by atoms with Crippen LogP contribution in [0.5, 0.6) is 0 Å². The van der Waals surface area contributed by atoms with E-state index in [0.717, 1.165) is 19.4 Å². The standard InChI is InChI=1S/C17H18FNO4S/c1-10-15-12(18)5-2-6-13(15)24-16(10)17(21)23-9-14(20)19-8-11-4-3-7-22-11/h2,5-6,11H,3-4,7-9H2,1H3,(H,19,20)/t11-/m1/s1. The van der Waals surface area contributed by atoms with Gasteiger partial charge in [-0.05, 0) is 37.5 Å². The minimum absolute atomic E-state index is 0.0393. The van der Waals surface area contributed by atoms with E-state index in [0.29, 0.717) is 27.1 Å².